The van der Waals surface area contributed by atoms with Crippen LogP contribution in [0.15, 0.2) is 4.52 Å². The highest BCUT2D eigenvalue weighted by Gasteiger charge is 2.39. The van der Waals surface area contributed by atoms with E-state index in [-0.39, 0.29) is 11.6 Å². The van der Waals surface area contributed by atoms with Crippen molar-refractivity contribution in [2.45, 2.75) is 82.5 Å². The molecule has 5 nitrogen and oxygen atoms in total. The van der Waals surface area contributed by atoms with Crippen LogP contribution in [0.4, 0.5) is 0 Å². The zero-order valence-corrected chi connectivity index (χ0v) is 12.3. The van der Waals surface area contributed by atoms with Gasteiger partial charge in [-0.1, -0.05) is 31.3 Å². The van der Waals surface area contributed by atoms with Crippen LogP contribution >= 0.6 is 0 Å². The highest BCUT2D eigenvalue weighted by Crippen LogP contribution is 2.38. The van der Waals surface area contributed by atoms with E-state index >= 15 is 0 Å². The van der Waals surface area contributed by atoms with Crippen molar-refractivity contribution in [3.8, 4) is 0 Å². The topological polar surface area (TPSA) is 74.2 Å². The normalized spacial score (nSPS) is 24.3. The van der Waals surface area contributed by atoms with Gasteiger partial charge in [0.2, 0.25) is 0 Å². The van der Waals surface area contributed by atoms with E-state index in [1.165, 1.54) is 19.3 Å². The Bertz CT molecular complexity index is 436. The lowest BCUT2D eigenvalue weighted by Crippen LogP contribution is -2.44. The zero-order chi connectivity index (χ0) is 14.0. The molecule has 1 heterocycles. The first-order valence-corrected chi connectivity index (χ1v) is 8.00. The summed E-state index contributed by atoms with van der Waals surface area (Å²) in [6.07, 6.45) is 10.3. The second-order valence-corrected chi connectivity index (χ2v) is 6.26. The average molecular weight is 279 g/mol. The molecule has 2 N–H and O–H groups in total. The standard InChI is InChI=1S/C15H25N3O2/c1-2-12(19-11-7-4-3-5-8-11)13-17-14(18-20-13)15(16)9-6-10-15/h11-12H,2-10,16H2,1H3. The van der Waals surface area contributed by atoms with E-state index in [0.717, 1.165) is 38.5 Å². The maximum absolute atomic E-state index is 6.24. The molecule has 2 fully saturated rings. The molecule has 0 bridgehead atoms. The molecule has 1 aromatic rings. The van der Waals surface area contributed by atoms with Gasteiger partial charge in [-0.05, 0) is 38.5 Å². The quantitative estimate of drug-likeness (QED) is 0.895. The Labute approximate surface area is 120 Å². The van der Waals surface area contributed by atoms with Crippen LogP contribution in [0.25, 0.3) is 0 Å². The number of rotatable bonds is 5. The van der Waals surface area contributed by atoms with Gasteiger partial charge in [-0.3, -0.25) is 0 Å². The Kier molecular flexibility index (Phi) is 4.08. The molecule has 2 aliphatic rings. The van der Waals surface area contributed by atoms with E-state index in [1.54, 1.807) is 0 Å². The Morgan fingerprint density at radius 2 is 2.05 bits per heavy atom. The average Bonchev–Trinajstić information content (AvgIpc) is 2.93. The van der Waals surface area contributed by atoms with Crippen LogP contribution in [0.5, 0.6) is 0 Å². The van der Waals surface area contributed by atoms with Gasteiger partial charge in [0.15, 0.2) is 5.82 Å². The summed E-state index contributed by atoms with van der Waals surface area (Å²) in [4.78, 5) is 4.51. The van der Waals surface area contributed by atoms with Gasteiger partial charge in [0.25, 0.3) is 5.89 Å². The SMILES string of the molecule is CCC(OC1CCCCC1)c1nc(C2(N)CCC2)no1. The molecule has 0 aromatic carbocycles. The largest absolute Gasteiger partial charge is 0.365 e. The fraction of sp³-hybridized carbons (Fsp3) is 0.867. The summed E-state index contributed by atoms with van der Waals surface area (Å²) in [5.41, 5.74) is 5.88. The molecule has 0 amide bonds. The van der Waals surface area contributed by atoms with Crippen LogP contribution in [0.2, 0.25) is 0 Å². The molecule has 0 aliphatic heterocycles. The Balaban J connectivity index is 1.66. The third-order valence-electron chi connectivity index (χ3n) is 4.69. The zero-order valence-electron chi connectivity index (χ0n) is 12.3. The summed E-state index contributed by atoms with van der Waals surface area (Å²) in [6, 6.07) is 0. The fourth-order valence-corrected chi connectivity index (χ4v) is 3.11. The van der Waals surface area contributed by atoms with Gasteiger partial charge in [-0.2, -0.15) is 4.98 Å². The lowest BCUT2D eigenvalue weighted by molar-refractivity contribution is -0.0468. The van der Waals surface area contributed by atoms with Crippen LogP contribution in [-0.2, 0) is 10.3 Å². The molecule has 20 heavy (non-hydrogen) atoms. The first-order valence-electron chi connectivity index (χ1n) is 8.00. The Morgan fingerprint density at radius 3 is 2.65 bits per heavy atom. The summed E-state index contributed by atoms with van der Waals surface area (Å²) in [6.45, 7) is 2.10. The van der Waals surface area contributed by atoms with Crippen LogP contribution in [-0.4, -0.2) is 16.2 Å². The number of hydrogen-bond acceptors (Lipinski definition) is 5. The van der Waals surface area contributed by atoms with Gasteiger partial charge in [0.05, 0.1) is 11.6 Å². The summed E-state index contributed by atoms with van der Waals surface area (Å²) in [5.74, 6) is 1.26. The van der Waals surface area contributed by atoms with Gasteiger partial charge in [0, 0.05) is 0 Å². The third-order valence-corrected chi connectivity index (χ3v) is 4.69. The summed E-state index contributed by atoms with van der Waals surface area (Å²) >= 11 is 0. The van der Waals surface area contributed by atoms with E-state index in [0.29, 0.717) is 17.8 Å². The minimum atomic E-state index is -0.356. The highest BCUT2D eigenvalue weighted by atomic mass is 16.5. The van der Waals surface area contributed by atoms with Gasteiger partial charge in [0.1, 0.15) is 6.10 Å². The van der Waals surface area contributed by atoms with Crippen molar-refractivity contribution >= 4 is 0 Å². The molecule has 1 unspecified atom stereocenters. The van der Waals surface area contributed by atoms with Gasteiger partial charge in [-0.15, -0.1) is 0 Å². The van der Waals surface area contributed by atoms with Crippen LogP contribution in [0.3, 0.4) is 0 Å². The highest BCUT2D eigenvalue weighted by molar-refractivity contribution is 5.09. The number of hydrogen-bond donors (Lipinski definition) is 1. The first kappa shape index (κ1) is 14.0. The number of aromatic nitrogens is 2. The van der Waals surface area contributed by atoms with Crippen molar-refractivity contribution in [3.05, 3.63) is 11.7 Å². The van der Waals surface area contributed by atoms with Crippen LogP contribution < -0.4 is 5.73 Å². The van der Waals surface area contributed by atoms with Crippen LogP contribution in [0.1, 0.15) is 82.5 Å². The molecule has 5 heteroatoms. The minimum Gasteiger partial charge on any atom is -0.365 e. The maximum atomic E-state index is 6.24. The Hall–Kier alpha value is -0.940. The van der Waals surface area contributed by atoms with Crippen molar-refractivity contribution in [2.75, 3.05) is 0 Å². The smallest absolute Gasteiger partial charge is 0.255 e. The van der Waals surface area contributed by atoms with Crippen molar-refractivity contribution in [3.63, 3.8) is 0 Å². The van der Waals surface area contributed by atoms with Gasteiger partial charge in [-0.25, -0.2) is 0 Å². The van der Waals surface area contributed by atoms with Crippen molar-refractivity contribution < 1.29 is 9.26 Å². The summed E-state index contributed by atoms with van der Waals surface area (Å²) < 4.78 is 11.6. The number of nitrogens with zero attached hydrogens (tertiary/aromatic N) is 2. The molecule has 1 atom stereocenters. The predicted octanol–water partition coefficient (Wildman–Crippen LogP) is 3.21. The number of ether oxygens (including phenoxy) is 1. The molecule has 0 saturated heterocycles. The Morgan fingerprint density at radius 1 is 1.30 bits per heavy atom. The summed E-state index contributed by atoms with van der Waals surface area (Å²) in [7, 11) is 0. The molecular weight excluding hydrogens is 254 g/mol. The van der Waals surface area contributed by atoms with E-state index in [1.807, 2.05) is 0 Å². The van der Waals surface area contributed by atoms with E-state index in [9.17, 15) is 0 Å². The molecule has 1 aromatic heterocycles. The fourth-order valence-electron chi connectivity index (χ4n) is 3.11. The first-order chi connectivity index (χ1) is 9.71. The molecule has 112 valence electrons. The minimum absolute atomic E-state index is 0.0805. The van der Waals surface area contributed by atoms with Crippen molar-refractivity contribution in [1.29, 1.82) is 0 Å². The van der Waals surface area contributed by atoms with Gasteiger partial charge < -0.3 is 15.0 Å². The molecule has 2 saturated carbocycles. The lowest BCUT2D eigenvalue weighted by Gasteiger charge is -2.34. The molecular formula is C15H25N3O2. The van der Waals surface area contributed by atoms with Crippen molar-refractivity contribution in [2.24, 2.45) is 5.73 Å². The number of nitrogens with two attached hydrogens (primary N) is 1. The van der Waals surface area contributed by atoms with Gasteiger partial charge >= 0.3 is 0 Å². The monoisotopic (exact) mass is 279 g/mol. The van der Waals surface area contributed by atoms with Crippen molar-refractivity contribution in [1.82, 2.24) is 10.1 Å². The van der Waals surface area contributed by atoms with E-state index in [2.05, 4.69) is 17.1 Å². The lowest BCUT2D eigenvalue weighted by atomic mass is 9.77. The maximum Gasteiger partial charge on any atom is 0.255 e. The molecule has 2 aliphatic carbocycles. The van der Waals surface area contributed by atoms with E-state index in [4.69, 9.17) is 15.0 Å². The molecule has 0 radical (unpaired) electrons. The third kappa shape index (κ3) is 2.74. The van der Waals surface area contributed by atoms with E-state index < -0.39 is 0 Å². The predicted molar refractivity (Wildman–Crippen MR) is 75.0 cm³/mol. The summed E-state index contributed by atoms with van der Waals surface area (Å²) in [5, 5.41) is 4.08. The second kappa shape index (κ2) is 5.82. The van der Waals surface area contributed by atoms with Crippen LogP contribution in [0, 0.1) is 0 Å². The molecule has 0 spiro atoms. The second-order valence-electron chi connectivity index (χ2n) is 6.26. The molecule has 3 rings (SSSR count).